The molecule has 176 valence electrons. The van der Waals surface area contributed by atoms with Crippen LogP contribution >= 0.6 is 0 Å². The number of hydrogen-bond acceptors (Lipinski definition) is 6. The highest BCUT2D eigenvalue weighted by molar-refractivity contribution is 6.01. The average Bonchev–Trinajstić information content (AvgIpc) is 2.79. The molecule has 0 aliphatic heterocycles. The molecule has 0 aromatic carbocycles. The fourth-order valence-corrected chi connectivity index (χ4v) is 4.35. The number of aromatic nitrogens is 2. The Morgan fingerprint density at radius 2 is 1.52 bits per heavy atom. The number of fused-ring (bicyclic) bond motifs is 2. The minimum absolute atomic E-state index is 0.284. The molecule has 0 unspecified atom stereocenters. The van der Waals surface area contributed by atoms with Crippen molar-refractivity contribution < 1.29 is 14.1 Å². The van der Waals surface area contributed by atoms with Gasteiger partial charge in [-0.2, -0.15) is 0 Å². The largest absolute Gasteiger partial charge is 0.395 e. The van der Waals surface area contributed by atoms with Crippen LogP contribution in [0.1, 0.15) is 79.0 Å². The van der Waals surface area contributed by atoms with Crippen molar-refractivity contribution in [2.45, 2.75) is 72.9 Å². The highest BCUT2D eigenvalue weighted by Crippen LogP contribution is 2.26. The molecule has 0 radical (unpaired) electrons. The first-order valence-corrected chi connectivity index (χ1v) is 11.8. The average molecular weight is 453 g/mol. The van der Waals surface area contributed by atoms with Gasteiger partial charge in [-0.15, -0.1) is 0 Å². The molecule has 33 heavy (non-hydrogen) atoms. The molecule has 2 aliphatic carbocycles. The third kappa shape index (κ3) is 5.57. The van der Waals surface area contributed by atoms with Crippen molar-refractivity contribution in [3.8, 4) is 0 Å². The van der Waals surface area contributed by atoms with E-state index in [1.54, 1.807) is 0 Å². The Hall–Kier alpha value is -2.83. The Kier molecular flexibility index (Phi) is 7.05. The number of hydrogen-bond donors (Lipinski definition) is 0. The van der Waals surface area contributed by atoms with Crippen LogP contribution in [0.4, 0.5) is 4.39 Å². The zero-order valence-electron chi connectivity index (χ0n) is 20.1. The normalized spacial score (nSPS) is 18.2. The van der Waals surface area contributed by atoms with Crippen molar-refractivity contribution in [1.29, 1.82) is 0 Å². The predicted octanol–water partition coefficient (Wildman–Crippen LogP) is 5.40. The maximum Gasteiger partial charge on any atom is 0.125 e. The van der Waals surface area contributed by atoms with Gasteiger partial charge < -0.3 is 9.68 Å². The van der Waals surface area contributed by atoms with Gasteiger partial charge in [0.05, 0.1) is 11.4 Å². The molecule has 2 heterocycles. The van der Waals surface area contributed by atoms with Crippen LogP contribution in [0.15, 0.2) is 28.5 Å². The lowest BCUT2D eigenvalue weighted by Gasteiger charge is -2.23. The van der Waals surface area contributed by atoms with Crippen molar-refractivity contribution in [1.82, 2.24) is 9.97 Å². The third-order valence-electron chi connectivity index (χ3n) is 6.11. The Labute approximate surface area is 195 Å². The van der Waals surface area contributed by atoms with Gasteiger partial charge in [0.15, 0.2) is 0 Å². The highest BCUT2D eigenvalue weighted by Gasteiger charge is 2.24. The van der Waals surface area contributed by atoms with Crippen molar-refractivity contribution >= 4 is 11.4 Å². The molecule has 2 aromatic rings. The predicted molar refractivity (Wildman–Crippen MR) is 127 cm³/mol. The summed E-state index contributed by atoms with van der Waals surface area (Å²) in [6, 6.07) is 6.01. The molecule has 0 fully saturated rings. The fraction of sp³-hybridized carbons (Fsp3) is 0.538. The van der Waals surface area contributed by atoms with Crippen LogP contribution < -0.4 is 0 Å². The number of rotatable bonds is 7. The second-order valence-electron chi connectivity index (χ2n) is 9.84. The standard InChI is InChI=1S/C26H33FN4O2/c1-17-11-12-19-7-5-9-22(24(19)28-17)30-32-15-26(3,4)16-33-31-23-10-6-8-21-20(14-27)13-18(2)29-25(21)23/h11-13H,5-10,14-16H2,1-4H3/b30-22+,31-23+. The second-order valence-corrected chi connectivity index (χ2v) is 9.84. The van der Waals surface area contributed by atoms with E-state index in [4.69, 9.17) is 9.68 Å². The van der Waals surface area contributed by atoms with Gasteiger partial charge in [0.2, 0.25) is 0 Å². The summed E-state index contributed by atoms with van der Waals surface area (Å²) in [6.45, 7) is 8.30. The van der Waals surface area contributed by atoms with Crippen LogP contribution in [0.25, 0.3) is 0 Å². The molecule has 4 rings (SSSR count). The molecular formula is C26H33FN4O2. The Morgan fingerprint density at radius 3 is 2.21 bits per heavy atom. The van der Waals surface area contributed by atoms with Crippen LogP contribution in [0.5, 0.6) is 0 Å². The van der Waals surface area contributed by atoms with E-state index >= 15 is 0 Å². The lowest BCUT2D eigenvalue weighted by molar-refractivity contribution is -0.000312. The molecule has 6 nitrogen and oxygen atoms in total. The number of halogens is 1. The Balaban J connectivity index is 1.38. The first kappa shape index (κ1) is 23.3. The van der Waals surface area contributed by atoms with Crippen LogP contribution in [-0.2, 0) is 29.2 Å². The van der Waals surface area contributed by atoms with Crippen molar-refractivity contribution in [3.63, 3.8) is 0 Å². The summed E-state index contributed by atoms with van der Waals surface area (Å²) in [4.78, 5) is 20.8. The summed E-state index contributed by atoms with van der Waals surface area (Å²) in [7, 11) is 0. The van der Waals surface area contributed by atoms with Gasteiger partial charge >= 0.3 is 0 Å². The van der Waals surface area contributed by atoms with E-state index in [1.165, 1.54) is 5.56 Å². The summed E-state index contributed by atoms with van der Waals surface area (Å²) < 4.78 is 13.5. The van der Waals surface area contributed by atoms with Gasteiger partial charge in [0.1, 0.15) is 31.3 Å². The number of pyridine rings is 2. The monoisotopic (exact) mass is 452 g/mol. The number of nitrogens with zero attached hydrogens (tertiary/aromatic N) is 4. The van der Waals surface area contributed by atoms with Crippen LogP contribution in [0.3, 0.4) is 0 Å². The minimum Gasteiger partial charge on any atom is -0.395 e. The van der Waals surface area contributed by atoms with E-state index in [9.17, 15) is 4.39 Å². The summed E-state index contributed by atoms with van der Waals surface area (Å²) >= 11 is 0. The lowest BCUT2D eigenvalue weighted by atomic mass is 9.90. The van der Waals surface area contributed by atoms with Crippen LogP contribution in [0.2, 0.25) is 0 Å². The minimum atomic E-state index is -0.480. The van der Waals surface area contributed by atoms with Crippen molar-refractivity contribution in [3.05, 3.63) is 57.7 Å². The fourth-order valence-electron chi connectivity index (χ4n) is 4.35. The van der Waals surface area contributed by atoms with Gasteiger partial charge in [-0.1, -0.05) is 30.2 Å². The molecular weight excluding hydrogens is 419 g/mol. The summed E-state index contributed by atoms with van der Waals surface area (Å²) in [6.07, 6.45) is 5.50. The first-order chi connectivity index (χ1) is 15.9. The van der Waals surface area contributed by atoms with Gasteiger partial charge in [0, 0.05) is 16.8 Å². The van der Waals surface area contributed by atoms with E-state index < -0.39 is 6.67 Å². The van der Waals surface area contributed by atoms with E-state index in [-0.39, 0.29) is 5.41 Å². The maximum absolute atomic E-state index is 13.5. The van der Waals surface area contributed by atoms with Crippen LogP contribution in [-0.4, -0.2) is 34.6 Å². The molecule has 2 aliphatic rings. The summed E-state index contributed by atoms with van der Waals surface area (Å²) in [5, 5.41) is 8.82. The molecule has 0 spiro atoms. The number of oxime groups is 2. The quantitative estimate of drug-likeness (QED) is 0.527. The Morgan fingerprint density at radius 1 is 0.879 bits per heavy atom. The molecule has 2 aromatic heterocycles. The van der Waals surface area contributed by atoms with Crippen molar-refractivity contribution in [2.24, 2.45) is 15.7 Å². The molecule has 0 saturated carbocycles. The second kappa shape index (κ2) is 9.98. The number of aryl methyl sites for hydroxylation is 3. The zero-order valence-corrected chi connectivity index (χ0v) is 20.1. The van der Waals surface area contributed by atoms with Gasteiger partial charge in [-0.25, -0.2) is 4.39 Å². The smallest absolute Gasteiger partial charge is 0.125 e. The maximum atomic E-state index is 13.5. The molecule has 0 bridgehead atoms. The van der Waals surface area contributed by atoms with Crippen molar-refractivity contribution in [2.75, 3.05) is 13.2 Å². The van der Waals surface area contributed by atoms with Crippen LogP contribution in [0, 0.1) is 19.3 Å². The Bertz CT molecular complexity index is 1080. The van der Waals surface area contributed by atoms with E-state index in [0.29, 0.717) is 18.8 Å². The molecule has 0 N–H and O–H groups in total. The van der Waals surface area contributed by atoms with Gasteiger partial charge in [0.25, 0.3) is 0 Å². The van der Waals surface area contributed by atoms with Gasteiger partial charge in [-0.05, 0) is 81.2 Å². The molecule has 7 heteroatoms. The summed E-state index contributed by atoms with van der Waals surface area (Å²) in [5.74, 6) is 0. The lowest BCUT2D eigenvalue weighted by Crippen LogP contribution is -2.25. The highest BCUT2D eigenvalue weighted by atomic mass is 19.1. The van der Waals surface area contributed by atoms with E-state index in [0.717, 1.165) is 78.3 Å². The molecule has 0 atom stereocenters. The topological polar surface area (TPSA) is 69.0 Å². The first-order valence-electron chi connectivity index (χ1n) is 11.8. The van der Waals surface area contributed by atoms with Gasteiger partial charge in [-0.3, -0.25) is 9.97 Å². The zero-order chi connectivity index (χ0) is 23.4. The third-order valence-corrected chi connectivity index (χ3v) is 6.11. The SMILES string of the molecule is Cc1ccc2c(n1)/C(=N/OCC(C)(C)CO/N=C1\CCCc3c(CF)cc(C)nc31)CCC2. The molecule has 0 saturated heterocycles. The number of alkyl halides is 1. The molecule has 0 amide bonds. The van der Waals surface area contributed by atoms with E-state index in [2.05, 4.69) is 40.2 Å². The summed E-state index contributed by atoms with van der Waals surface area (Å²) in [5.41, 5.74) is 7.89. The van der Waals surface area contributed by atoms with E-state index in [1.807, 2.05) is 26.0 Å².